The Labute approximate surface area is 127 Å². The molecule has 5 nitrogen and oxygen atoms in total. The lowest BCUT2D eigenvalue weighted by atomic mass is 10.1. The number of hydrogen-bond acceptors (Lipinski definition) is 5. The Kier molecular flexibility index (Phi) is 3.26. The highest BCUT2D eigenvalue weighted by atomic mass is 16.5. The zero-order chi connectivity index (χ0) is 15.1. The molecule has 0 amide bonds. The topological polar surface area (TPSA) is 75.5 Å². The van der Waals surface area contributed by atoms with Crippen LogP contribution in [-0.4, -0.2) is 39.0 Å². The molecule has 2 N–H and O–H groups in total. The monoisotopic (exact) mass is 296 g/mol. The molecule has 22 heavy (non-hydrogen) atoms. The lowest BCUT2D eigenvalue weighted by Gasteiger charge is -2.12. The SMILES string of the molecule is OC[C@H]1O[C@H](c2ccc3ccc4cccnc4c3n2)CC1O. The number of ether oxygens (including phenoxy) is 1. The first-order chi connectivity index (χ1) is 10.8. The van der Waals surface area contributed by atoms with E-state index < -0.39 is 12.2 Å². The van der Waals surface area contributed by atoms with Crippen molar-refractivity contribution >= 4 is 21.8 Å². The van der Waals surface area contributed by atoms with Crippen molar-refractivity contribution < 1.29 is 14.9 Å². The molecule has 3 aromatic rings. The van der Waals surface area contributed by atoms with Gasteiger partial charge < -0.3 is 14.9 Å². The molecule has 1 unspecified atom stereocenters. The van der Waals surface area contributed by atoms with Gasteiger partial charge in [-0.05, 0) is 12.1 Å². The number of benzene rings is 1. The third kappa shape index (κ3) is 2.14. The molecule has 1 fully saturated rings. The van der Waals surface area contributed by atoms with Crippen molar-refractivity contribution in [2.45, 2.75) is 24.7 Å². The van der Waals surface area contributed by atoms with Crippen molar-refractivity contribution in [3.8, 4) is 0 Å². The maximum atomic E-state index is 9.88. The molecule has 0 radical (unpaired) electrons. The van der Waals surface area contributed by atoms with Crippen molar-refractivity contribution in [2.24, 2.45) is 0 Å². The summed E-state index contributed by atoms with van der Waals surface area (Å²) >= 11 is 0. The molecule has 4 rings (SSSR count). The summed E-state index contributed by atoms with van der Waals surface area (Å²) in [5.41, 5.74) is 2.46. The zero-order valence-corrected chi connectivity index (χ0v) is 11.9. The molecule has 0 aliphatic carbocycles. The summed E-state index contributed by atoms with van der Waals surface area (Å²) in [6.07, 6.45) is 0.720. The maximum absolute atomic E-state index is 9.88. The molecular weight excluding hydrogens is 280 g/mol. The van der Waals surface area contributed by atoms with E-state index in [0.29, 0.717) is 6.42 Å². The summed E-state index contributed by atoms with van der Waals surface area (Å²) in [5, 5.41) is 21.1. The smallest absolute Gasteiger partial charge is 0.107 e. The Morgan fingerprint density at radius 1 is 1.09 bits per heavy atom. The first-order valence-electron chi connectivity index (χ1n) is 7.35. The average Bonchev–Trinajstić information content (AvgIpc) is 2.95. The van der Waals surface area contributed by atoms with Crippen molar-refractivity contribution in [3.05, 3.63) is 48.3 Å². The predicted octanol–water partition coefficient (Wildman–Crippen LogP) is 1.97. The van der Waals surface area contributed by atoms with Gasteiger partial charge in [0.1, 0.15) is 12.2 Å². The molecule has 3 atom stereocenters. The lowest BCUT2D eigenvalue weighted by molar-refractivity contribution is -0.0235. The second-order valence-electron chi connectivity index (χ2n) is 5.60. The second kappa shape index (κ2) is 5.28. The van der Waals surface area contributed by atoms with Crippen molar-refractivity contribution in [1.82, 2.24) is 9.97 Å². The van der Waals surface area contributed by atoms with Gasteiger partial charge in [-0.25, -0.2) is 4.98 Å². The van der Waals surface area contributed by atoms with Crippen molar-refractivity contribution in [3.63, 3.8) is 0 Å². The zero-order valence-electron chi connectivity index (χ0n) is 11.9. The van der Waals surface area contributed by atoms with Crippen molar-refractivity contribution in [2.75, 3.05) is 6.61 Å². The van der Waals surface area contributed by atoms with Gasteiger partial charge in [-0.1, -0.05) is 24.3 Å². The van der Waals surface area contributed by atoms with Crippen LogP contribution in [0.25, 0.3) is 21.8 Å². The molecule has 1 saturated heterocycles. The number of aliphatic hydroxyl groups excluding tert-OH is 2. The molecule has 0 bridgehead atoms. The highest BCUT2D eigenvalue weighted by Crippen LogP contribution is 2.33. The van der Waals surface area contributed by atoms with Gasteiger partial charge in [0, 0.05) is 23.4 Å². The molecular formula is C17H16N2O3. The summed E-state index contributed by atoms with van der Waals surface area (Å²) in [6, 6.07) is 11.9. The van der Waals surface area contributed by atoms with Crippen LogP contribution >= 0.6 is 0 Å². The van der Waals surface area contributed by atoms with Crippen LogP contribution in [0.4, 0.5) is 0 Å². The van der Waals surface area contributed by atoms with E-state index in [1.165, 1.54) is 0 Å². The number of fused-ring (bicyclic) bond motifs is 3. The van der Waals surface area contributed by atoms with Crippen LogP contribution in [0.2, 0.25) is 0 Å². The van der Waals surface area contributed by atoms with E-state index in [-0.39, 0.29) is 12.7 Å². The largest absolute Gasteiger partial charge is 0.394 e. The Hall–Kier alpha value is -2.08. The molecule has 0 spiro atoms. The number of aliphatic hydroxyl groups is 2. The van der Waals surface area contributed by atoms with Crippen LogP contribution in [0.1, 0.15) is 18.2 Å². The number of nitrogens with zero attached hydrogens (tertiary/aromatic N) is 2. The van der Waals surface area contributed by atoms with E-state index in [1.807, 2.05) is 36.4 Å². The lowest BCUT2D eigenvalue weighted by Crippen LogP contribution is -2.24. The first-order valence-corrected chi connectivity index (χ1v) is 7.35. The molecule has 112 valence electrons. The Morgan fingerprint density at radius 2 is 1.86 bits per heavy atom. The van der Waals surface area contributed by atoms with Gasteiger partial charge in [-0.3, -0.25) is 4.98 Å². The Bertz CT molecular complexity index is 836. The minimum Gasteiger partial charge on any atom is -0.394 e. The van der Waals surface area contributed by atoms with Crippen LogP contribution in [0.15, 0.2) is 42.6 Å². The minimum atomic E-state index is -0.655. The minimum absolute atomic E-state index is 0.185. The molecule has 0 saturated carbocycles. The normalized spacial score (nSPS) is 25.1. The molecule has 1 aromatic carbocycles. The maximum Gasteiger partial charge on any atom is 0.107 e. The summed E-state index contributed by atoms with van der Waals surface area (Å²) < 4.78 is 5.69. The number of pyridine rings is 2. The van der Waals surface area contributed by atoms with Crippen LogP contribution in [0.5, 0.6) is 0 Å². The Morgan fingerprint density at radius 3 is 2.64 bits per heavy atom. The number of hydrogen-bond donors (Lipinski definition) is 2. The molecule has 1 aliphatic heterocycles. The number of aromatic nitrogens is 2. The van der Waals surface area contributed by atoms with Crippen molar-refractivity contribution in [1.29, 1.82) is 0 Å². The molecule has 5 heteroatoms. The average molecular weight is 296 g/mol. The standard InChI is InChI=1S/C17H16N2O3/c20-9-15-13(21)8-14(22-15)12-6-5-11-4-3-10-2-1-7-18-16(10)17(11)19-12/h1-7,13-15,20-21H,8-9H2/t13?,14-,15+/m0/s1. The number of rotatable bonds is 2. The Balaban J connectivity index is 1.82. The van der Waals surface area contributed by atoms with E-state index in [9.17, 15) is 10.2 Å². The summed E-state index contributed by atoms with van der Waals surface area (Å²) in [4.78, 5) is 9.14. The first kappa shape index (κ1) is 13.6. The van der Waals surface area contributed by atoms with E-state index in [0.717, 1.165) is 27.5 Å². The predicted molar refractivity (Wildman–Crippen MR) is 82.4 cm³/mol. The van der Waals surface area contributed by atoms with Crippen LogP contribution < -0.4 is 0 Å². The third-order valence-corrected chi connectivity index (χ3v) is 4.19. The van der Waals surface area contributed by atoms with E-state index >= 15 is 0 Å². The van der Waals surface area contributed by atoms with Gasteiger partial charge in [0.15, 0.2) is 0 Å². The van der Waals surface area contributed by atoms with E-state index in [1.54, 1.807) is 6.20 Å². The fraction of sp³-hybridized carbons (Fsp3) is 0.294. The van der Waals surface area contributed by atoms with Gasteiger partial charge in [0.05, 0.1) is 29.4 Å². The second-order valence-corrected chi connectivity index (χ2v) is 5.60. The van der Waals surface area contributed by atoms with Gasteiger partial charge in [0.25, 0.3) is 0 Å². The summed E-state index contributed by atoms with van der Waals surface area (Å²) in [7, 11) is 0. The van der Waals surface area contributed by atoms with Gasteiger partial charge in [0.2, 0.25) is 0 Å². The van der Waals surface area contributed by atoms with Crippen LogP contribution in [0, 0.1) is 0 Å². The van der Waals surface area contributed by atoms with Gasteiger partial charge in [-0.15, -0.1) is 0 Å². The fourth-order valence-corrected chi connectivity index (χ4v) is 3.00. The van der Waals surface area contributed by atoms with E-state index in [2.05, 4.69) is 4.98 Å². The quantitative estimate of drug-likeness (QED) is 0.707. The third-order valence-electron chi connectivity index (χ3n) is 4.19. The van der Waals surface area contributed by atoms with Gasteiger partial charge in [-0.2, -0.15) is 0 Å². The summed E-state index contributed by atoms with van der Waals surface area (Å²) in [5.74, 6) is 0. The summed E-state index contributed by atoms with van der Waals surface area (Å²) in [6.45, 7) is -0.185. The molecule has 1 aliphatic rings. The van der Waals surface area contributed by atoms with Crippen LogP contribution in [-0.2, 0) is 4.74 Å². The molecule has 2 aromatic heterocycles. The fourth-order valence-electron chi connectivity index (χ4n) is 3.00. The highest BCUT2D eigenvalue weighted by molar-refractivity contribution is 6.02. The highest BCUT2D eigenvalue weighted by Gasteiger charge is 2.35. The van der Waals surface area contributed by atoms with Crippen LogP contribution in [0.3, 0.4) is 0 Å². The van der Waals surface area contributed by atoms with Gasteiger partial charge >= 0.3 is 0 Å². The van der Waals surface area contributed by atoms with E-state index in [4.69, 9.17) is 9.72 Å². The molecule has 3 heterocycles.